The Hall–Kier alpha value is -1.48. The molecule has 0 bridgehead atoms. The predicted octanol–water partition coefficient (Wildman–Crippen LogP) is 1.50. The highest BCUT2D eigenvalue weighted by Gasteiger charge is 2.41. The normalized spacial score (nSPS) is 26.0. The van der Waals surface area contributed by atoms with E-state index in [9.17, 15) is 13.2 Å². The summed E-state index contributed by atoms with van der Waals surface area (Å²) in [6.07, 6.45) is 1.35. The van der Waals surface area contributed by atoms with Crippen LogP contribution < -0.4 is 0 Å². The molecule has 2 aliphatic rings. The van der Waals surface area contributed by atoms with Gasteiger partial charge in [0.15, 0.2) is 0 Å². The Labute approximate surface area is 162 Å². The number of benzene rings is 1. The van der Waals surface area contributed by atoms with Gasteiger partial charge >= 0.3 is 5.97 Å². The summed E-state index contributed by atoms with van der Waals surface area (Å²) in [6, 6.07) is 9.54. The molecule has 0 radical (unpaired) electrons. The van der Waals surface area contributed by atoms with Crippen LogP contribution in [-0.2, 0) is 19.7 Å². The molecule has 0 saturated carbocycles. The maximum atomic E-state index is 13.4. The number of piperazine rings is 1. The van der Waals surface area contributed by atoms with Gasteiger partial charge in [-0.1, -0.05) is 30.3 Å². The molecule has 8 heteroatoms. The minimum Gasteiger partial charge on any atom is -0.466 e. The first kappa shape index (κ1) is 20.3. The fourth-order valence-corrected chi connectivity index (χ4v) is 5.73. The maximum absolute atomic E-state index is 13.4. The number of rotatable bonds is 5. The third kappa shape index (κ3) is 4.51. The number of likely N-dealkylation sites (N-methyl/N-ethyl adjacent to an activating group) is 1. The lowest BCUT2D eigenvalue weighted by Crippen LogP contribution is -2.55. The minimum atomic E-state index is -3.65. The van der Waals surface area contributed by atoms with Crippen LogP contribution in [0.4, 0.5) is 0 Å². The molecule has 7 nitrogen and oxygen atoms in total. The van der Waals surface area contributed by atoms with Crippen LogP contribution in [0.2, 0.25) is 0 Å². The lowest BCUT2D eigenvalue weighted by Gasteiger charge is -2.42. The van der Waals surface area contributed by atoms with Crippen LogP contribution in [-0.4, -0.2) is 74.3 Å². The molecule has 0 spiro atoms. The summed E-state index contributed by atoms with van der Waals surface area (Å²) in [7, 11) is -1.64. The first-order chi connectivity index (χ1) is 12.9. The Morgan fingerprint density at radius 2 is 1.89 bits per heavy atom. The van der Waals surface area contributed by atoms with E-state index in [0.717, 1.165) is 5.56 Å². The van der Waals surface area contributed by atoms with Gasteiger partial charge in [-0.3, -0.25) is 4.79 Å². The van der Waals surface area contributed by atoms with Gasteiger partial charge in [0, 0.05) is 32.7 Å². The summed E-state index contributed by atoms with van der Waals surface area (Å²) in [5, 5.41) is 0. The van der Waals surface area contributed by atoms with Crippen LogP contribution in [0.1, 0.15) is 31.4 Å². The fraction of sp³-hybridized carbons (Fsp3) is 0.632. The number of carbonyl (C=O) groups is 1. The number of ether oxygens (including phenoxy) is 1. The molecule has 2 fully saturated rings. The van der Waals surface area contributed by atoms with Crippen molar-refractivity contribution < 1.29 is 17.9 Å². The zero-order valence-corrected chi connectivity index (χ0v) is 16.9. The molecule has 0 aliphatic carbocycles. The van der Waals surface area contributed by atoms with Gasteiger partial charge in [-0.2, -0.15) is 17.0 Å². The van der Waals surface area contributed by atoms with E-state index in [-0.39, 0.29) is 24.5 Å². The summed E-state index contributed by atoms with van der Waals surface area (Å²) in [5.74, 6) is -0.675. The highest BCUT2D eigenvalue weighted by Crippen LogP contribution is 2.31. The Morgan fingerprint density at radius 1 is 1.15 bits per heavy atom. The third-order valence-corrected chi connectivity index (χ3v) is 7.36. The molecule has 0 aromatic heterocycles. The smallest absolute Gasteiger partial charge is 0.310 e. The average molecular weight is 396 g/mol. The molecule has 2 saturated heterocycles. The molecule has 3 rings (SSSR count). The molecule has 1 aromatic rings. The van der Waals surface area contributed by atoms with E-state index in [1.54, 1.807) is 11.2 Å². The maximum Gasteiger partial charge on any atom is 0.310 e. The van der Waals surface area contributed by atoms with Crippen molar-refractivity contribution in [2.45, 2.75) is 25.8 Å². The summed E-state index contributed by atoms with van der Waals surface area (Å²) in [4.78, 5) is 14.3. The summed E-state index contributed by atoms with van der Waals surface area (Å²) in [6.45, 7) is 4.52. The van der Waals surface area contributed by atoms with E-state index in [4.69, 9.17) is 4.74 Å². The van der Waals surface area contributed by atoms with Gasteiger partial charge in [0.05, 0.1) is 18.6 Å². The van der Waals surface area contributed by atoms with Gasteiger partial charge in [0.1, 0.15) is 0 Å². The Balaban J connectivity index is 1.82. The van der Waals surface area contributed by atoms with Crippen LogP contribution in [0, 0.1) is 5.92 Å². The highest BCUT2D eigenvalue weighted by atomic mass is 32.2. The molecule has 150 valence electrons. The largest absolute Gasteiger partial charge is 0.466 e. The van der Waals surface area contributed by atoms with Crippen LogP contribution >= 0.6 is 0 Å². The van der Waals surface area contributed by atoms with Crippen molar-refractivity contribution in [2.24, 2.45) is 5.92 Å². The lowest BCUT2D eigenvalue weighted by molar-refractivity contribution is -0.149. The zero-order chi connectivity index (χ0) is 19.4. The molecule has 2 atom stereocenters. The van der Waals surface area contributed by atoms with Crippen molar-refractivity contribution in [1.29, 1.82) is 0 Å². The molecule has 0 N–H and O–H groups in total. The number of piperidine rings is 1. The third-order valence-electron chi connectivity index (χ3n) is 5.35. The highest BCUT2D eigenvalue weighted by molar-refractivity contribution is 7.86. The van der Waals surface area contributed by atoms with E-state index in [1.165, 1.54) is 4.31 Å². The summed E-state index contributed by atoms with van der Waals surface area (Å²) < 4.78 is 35.1. The average Bonchev–Trinajstić information content (AvgIpc) is 2.68. The molecule has 2 aliphatic heterocycles. The number of hydrogen-bond donors (Lipinski definition) is 0. The first-order valence-electron chi connectivity index (χ1n) is 9.60. The Kier molecular flexibility index (Phi) is 6.52. The van der Waals surface area contributed by atoms with Crippen LogP contribution in [0.5, 0.6) is 0 Å². The SMILES string of the molecule is CCOC(=O)C1CCCN(S(=O)(=O)N2CCN(C)CC2c2ccccc2)C1. The van der Waals surface area contributed by atoms with Crippen molar-refractivity contribution in [3.05, 3.63) is 35.9 Å². The van der Waals surface area contributed by atoms with Crippen LogP contribution in [0.3, 0.4) is 0 Å². The number of hydrogen-bond acceptors (Lipinski definition) is 5. The zero-order valence-electron chi connectivity index (χ0n) is 16.1. The van der Waals surface area contributed by atoms with Crippen LogP contribution in [0.25, 0.3) is 0 Å². The van der Waals surface area contributed by atoms with E-state index in [0.29, 0.717) is 45.6 Å². The van der Waals surface area contributed by atoms with Crippen molar-refractivity contribution >= 4 is 16.2 Å². The van der Waals surface area contributed by atoms with Gasteiger partial charge in [-0.15, -0.1) is 0 Å². The van der Waals surface area contributed by atoms with Gasteiger partial charge < -0.3 is 9.64 Å². The molecule has 2 unspecified atom stereocenters. The van der Waals surface area contributed by atoms with Gasteiger partial charge in [-0.25, -0.2) is 0 Å². The minimum absolute atomic E-state index is 0.203. The molecule has 1 aromatic carbocycles. The first-order valence-corrected chi connectivity index (χ1v) is 11.0. The van der Waals surface area contributed by atoms with Crippen molar-refractivity contribution in [3.8, 4) is 0 Å². The summed E-state index contributed by atoms with van der Waals surface area (Å²) >= 11 is 0. The van der Waals surface area contributed by atoms with Crippen molar-refractivity contribution in [1.82, 2.24) is 13.5 Å². The second kappa shape index (κ2) is 8.68. The topological polar surface area (TPSA) is 70.2 Å². The number of nitrogens with zero attached hydrogens (tertiary/aromatic N) is 3. The molecule has 0 amide bonds. The lowest BCUT2D eigenvalue weighted by atomic mass is 10.0. The standard InChI is InChI=1S/C19H29N3O4S/c1-3-26-19(23)17-10-7-11-21(14-17)27(24,25)22-13-12-20(2)15-18(22)16-8-5-4-6-9-16/h4-6,8-9,17-18H,3,7,10-15H2,1-2H3. The van der Waals surface area contributed by atoms with E-state index >= 15 is 0 Å². The molecular formula is C19H29N3O4S. The second-order valence-electron chi connectivity index (χ2n) is 7.26. The number of carbonyl (C=O) groups excluding carboxylic acids is 1. The molecule has 2 heterocycles. The van der Waals surface area contributed by atoms with Crippen molar-refractivity contribution in [2.75, 3.05) is 46.4 Å². The fourth-order valence-electron chi connectivity index (χ4n) is 3.88. The quantitative estimate of drug-likeness (QED) is 0.707. The Bertz CT molecular complexity index is 741. The van der Waals surface area contributed by atoms with E-state index in [1.807, 2.05) is 37.4 Å². The Morgan fingerprint density at radius 3 is 2.59 bits per heavy atom. The monoisotopic (exact) mass is 395 g/mol. The van der Waals surface area contributed by atoms with Gasteiger partial charge in [0.25, 0.3) is 10.2 Å². The molecule has 27 heavy (non-hydrogen) atoms. The van der Waals surface area contributed by atoms with Crippen LogP contribution in [0.15, 0.2) is 30.3 Å². The summed E-state index contributed by atoms with van der Waals surface area (Å²) in [5.41, 5.74) is 0.992. The molecular weight excluding hydrogens is 366 g/mol. The second-order valence-corrected chi connectivity index (χ2v) is 9.14. The van der Waals surface area contributed by atoms with E-state index in [2.05, 4.69) is 4.90 Å². The number of esters is 1. The van der Waals surface area contributed by atoms with Crippen molar-refractivity contribution in [3.63, 3.8) is 0 Å². The predicted molar refractivity (Wildman–Crippen MR) is 103 cm³/mol. The van der Waals surface area contributed by atoms with E-state index < -0.39 is 10.2 Å². The van der Waals surface area contributed by atoms with Gasteiger partial charge in [-0.05, 0) is 32.4 Å². The van der Waals surface area contributed by atoms with Gasteiger partial charge in [0.2, 0.25) is 0 Å².